The number of rotatable bonds is 13. The molecule has 0 saturated carbocycles. The SMILES string of the molecule is C=C/C=C(\C=C/C)c1ccc(N(c2ccc(C)cc2)c2ccc(-c3ccncc3)cc2)cc1.CC.Cc1ccc(N(c2ccc(-c3ccncc3)cc2)c2ccc3c(c2)C(c2ccccc2)(c2ccccc2)c2ccccc2-3)cc1. The van der Waals surface area contributed by atoms with Gasteiger partial charge in [-0.05, 0) is 185 Å². The van der Waals surface area contributed by atoms with Crippen molar-refractivity contribution in [1.82, 2.24) is 9.97 Å². The van der Waals surface area contributed by atoms with E-state index < -0.39 is 5.41 Å². The van der Waals surface area contributed by atoms with Gasteiger partial charge in [-0.3, -0.25) is 9.97 Å². The fraction of sp³-hybridized carbons (Fsp3) is 0.0789. The highest BCUT2D eigenvalue weighted by molar-refractivity contribution is 5.90. The summed E-state index contributed by atoms with van der Waals surface area (Å²) in [5.41, 5.74) is 23.4. The van der Waals surface area contributed by atoms with Crippen molar-refractivity contribution in [2.45, 2.75) is 40.0 Å². The second-order valence-corrected chi connectivity index (χ2v) is 19.6. The number of benzene rings is 9. The second-order valence-electron chi connectivity index (χ2n) is 19.6. The number of aryl methyl sites for hydroxylation is 2. The molecule has 4 heteroatoms. The number of allylic oxidation sites excluding steroid dienone is 5. The molecule has 4 nitrogen and oxygen atoms in total. The Morgan fingerprint density at radius 1 is 0.400 bits per heavy atom. The van der Waals surface area contributed by atoms with Crippen LogP contribution in [0.5, 0.6) is 0 Å². The van der Waals surface area contributed by atoms with E-state index in [4.69, 9.17) is 0 Å². The van der Waals surface area contributed by atoms with Crippen LogP contribution in [0.3, 0.4) is 0 Å². The van der Waals surface area contributed by atoms with Gasteiger partial charge in [0.1, 0.15) is 0 Å². The third-order valence-electron chi connectivity index (χ3n) is 14.7. The van der Waals surface area contributed by atoms with Crippen molar-refractivity contribution in [1.29, 1.82) is 0 Å². The Balaban J connectivity index is 0.000000183. The molecule has 2 aromatic heterocycles. The Kier molecular flexibility index (Phi) is 16.8. The highest BCUT2D eigenvalue weighted by atomic mass is 15.1. The standard InChI is InChI=1S/C43H32N2.C31H28N2.C2H6/c1-31-16-20-36(21-17-31)45(37-22-18-32(19-23-37)33-26-28-44-29-27-33)38-24-25-40-39-14-8-9-15-41(39)43(42(40)30-38,34-10-4-2-5-11-34)35-12-6-3-7-13-35;1-4-6-25(7-5-2)26-10-16-30(17-11-26)33(29-14-8-24(3)9-15-29)31-18-12-27(13-19-31)28-20-22-32-23-21-28;1-2/h2-30H,1H3;4-23H,1H2,2-3H3;1-2H3/b;7-5-,25-6+;. The second kappa shape index (κ2) is 25.1. The summed E-state index contributed by atoms with van der Waals surface area (Å²) in [6, 6.07) is 89.7. The zero-order chi connectivity index (χ0) is 55.3. The lowest BCUT2D eigenvalue weighted by molar-refractivity contribution is 0.768. The molecule has 0 atom stereocenters. The van der Waals surface area contributed by atoms with Crippen molar-refractivity contribution in [2.75, 3.05) is 9.80 Å². The van der Waals surface area contributed by atoms with E-state index in [1.807, 2.05) is 75.9 Å². The number of fused-ring (bicyclic) bond motifs is 3. The monoisotopic (exact) mass is 1030 g/mol. The van der Waals surface area contributed by atoms with Crippen LogP contribution in [0.15, 0.2) is 304 Å². The minimum absolute atomic E-state index is 0.450. The molecule has 1 aliphatic carbocycles. The Labute approximate surface area is 473 Å². The van der Waals surface area contributed by atoms with E-state index in [9.17, 15) is 0 Å². The number of aromatic nitrogens is 2. The van der Waals surface area contributed by atoms with Gasteiger partial charge in [0.05, 0.1) is 5.41 Å². The maximum absolute atomic E-state index is 4.19. The van der Waals surface area contributed by atoms with Crippen molar-refractivity contribution >= 4 is 39.7 Å². The summed E-state index contributed by atoms with van der Waals surface area (Å²) in [7, 11) is 0. The molecule has 0 unspecified atom stereocenters. The molecule has 0 fully saturated rings. The van der Waals surface area contributed by atoms with Gasteiger partial charge in [0.15, 0.2) is 0 Å². The van der Waals surface area contributed by atoms with Gasteiger partial charge in [-0.2, -0.15) is 0 Å². The van der Waals surface area contributed by atoms with Gasteiger partial charge in [0, 0.05) is 58.9 Å². The fourth-order valence-electron chi connectivity index (χ4n) is 10.9. The number of hydrogen-bond donors (Lipinski definition) is 0. The van der Waals surface area contributed by atoms with E-state index >= 15 is 0 Å². The average molecular weight is 1040 g/mol. The van der Waals surface area contributed by atoms with E-state index in [0.717, 1.165) is 56.4 Å². The molecule has 0 N–H and O–H groups in total. The Bertz CT molecular complexity index is 3790. The first-order valence-corrected chi connectivity index (χ1v) is 27.6. The van der Waals surface area contributed by atoms with E-state index in [2.05, 4.69) is 283 Å². The molecule has 390 valence electrons. The van der Waals surface area contributed by atoms with Gasteiger partial charge in [-0.25, -0.2) is 0 Å². The highest BCUT2D eigenvalue weighted by Gasteiger charge is 2.46. The predicted octanol–water partition coefficient (Wildman–Crippen LogP) is 20.6. The smallest absolute Gasteiger partial charge is 0.0714 e. The molecule has 80 heavy (non-hydrogen) atoms. The first-order chi connectivity index (χ1) is 39.4. The molecule has 0 spiro atoms. The summed E-state index contributed by atoms with van der Waals surface area (Å²) in [6.07, 6.45) is 15.3. The van der Waals surface area contributed by atoms with E-state index in [1.54, 1.807) is 0 Å². The van der Waals surface area contributed by atoms with Crippen molar-refractivity contribution in [3.8, 4) is 33.4 Å². The molecular weight excluding hydrogens is 969 g/mol. The molecule has 0 radical (unpaired) electrons. The minimum atomic E-state index is -0.450. The first-order valence-electron chi connectivity index (χ1n) is 27.6. The zero-order valence-electron chi connectivity index (χ0n) is 46.3. The molecule has 11 aromatic rings. The molecule has 0 saturated heterocycles. The van der Waals surface area contributed by atoms with Crippen LogP contribution in [0.25, 0.3) is 39.0 Å². The third-order valence-corrected chi connectivity index (χ3v) is 14.7. The summed E-state index contributed by atoms with van der Waals surface area (Å²) in [5.74, 6) is 0. The third kappa shape index (κ3) is 11.1. The average Bonchev–Trinajstić information content (AvgIpc) is 4.07. The number of pyridine rings is 2. The van der Waals surface area contributed by atoms with Gasteiger partial charge in [0.2, 0.25) is 0 Å². The van der Waals surface area contributed by atoms with Crippen LogP contribution in [-0.2, 0) is 5.41 Å². The van der Waals surface area contributed by atoms with Gasteiger partial charge in [0.25, 0.3) is 0 Å². The summed E-state index contributed by atoms with van der Waals surface area (Å²) in [4.78, 5) is 13.0. The van der Waals surface area contributed by atoms with Crippen LogP contribution < -0.4 is 9.80 Å². The summed E-state index contributed by atoms with van der Waals surface area (Å²) < 4.78 is 0. The molecule has 1 aliphatic rings. The first kappa shape index (κ1) is 53.5. The van der Waals surface area contributed by atoms with Gasteiger partial charge in [-0.15, -0.1) is 0 Å². The quantitative estimate of drug-likeness (QED) is 0.108. The van der Waals surface area contributed by atoms with Crippen LogP contribution in [0.4, 0.5) is 34.1 Å². The van der Waals surface area contributed by atoms with Crippen LogP contribution in [0.1, 0.15) is 59.7 Å². The topological polar surface area (TPSA) is 32.3 Å². The van der Waals surface area contributed by atoms with Crippen molar-refractivity contribution in [3.05, 3.63) is 343 Å². The molecule has 0 aliphatic heterocycles. The normalized spacial score (nSPS) is 12.0. The minimum Gasteiger partial charge on any atom is -0.311 e. The number of hydrogen-bond acceptors (Lipinski definition) is 4. The molecule has 0 bridgehead atoms. The molecular formula is C76H66N4. The zero-order valence-corrected chi connectivity index (χ0v) is 46.3. The highest BCUT2D eigenvalue weighted by Crippen LogP contribution is 2.57. The van der Waals surface area contributed by atoms with E-state index in [-0.39, 0.29) is 0 Å². The molecule has 9 aromatic carbocycles. The van der Waals surface area contributed by atoms with Crippen molar-refractivity contribution in [2.24, 2.45) is 0 Å². The van der Waals surface area contributed by atoms with Crippen LogP contribution in [-0.4, -0.2) is 9.97 Å². The molecule has 12 rings (SSSR count). The lowest BCUT2D eigenvalue weighted by Crippen LogP contribution is -2.28. The Hall–Kier alpha value is -9.90. The summed E-state index contributed by atoms with van der Waals surface area (Å²) in [5, 5.41) is 0. The Morgan fingerprint density at radius 3 is 1.23 bits per heavy atom. The Morgan fingerprint density at radius 2 is 0.775 bits per heavy atom. The van der Waals surface area contributed by atoms with Crippen molar-refractivity contribution < 1.29 is 0 Å². The molecule has 0 amide bonds. The van der Waals surface area contributed by atoms with Gasteiger partial charge < -0.3 is 9.80 Å². The van der Waals surface area contributed by atoms with E-state index in [0.29, 0.717) is 0 Å². The van der Waals surface area contributed by atoms with Gasteiger partial charge >= 0.3 is 0 Å². The maximum atomic E-state index is 4.19. The lowest BCUT2D eigenvalue weighted by atomic mass is 9.67. The van der Waals surface area contributed by atoms with Gasteiger partial charge in [-0.1, -0.05) is 208 Å². The van der Waals surface area contributed by atoms with E-state index in [1.165, 1.54) is 55.6 Å². The number of anilines is 6. The molecule has 2 heterocycles. The predicted molar refractivity (Wildman–Crippen MR) is 340 cm³/mol. The van der Waals surface area contributed by atoms with Crippen LogP contribution in [0, 0.1) is 13.8 Å². The fourth-order valence-corrected chi connectivity index (χ4v) is 10.9. The summed E-state index contributed by atoms with van der Waals surface area (Å²) in [6.45, 7) is 14.1. The van der Waals surface area contributed by atoms with Crippen LogP contribution in [0.2, 0.25) is 0 Å². The number of nitrogens with zero attached hydrogens (tertiary/aromatic N) is 4. The lowest BCUT2D eigenvalue weighted by Gasteiger charge is -2.35. The maximum Gasteiger partial charge on any atom is 0.0714 e. The summed E-state index contributed by atoms with van der Waals surface area (Å²) >= 11 is 0. The largest absolute Gasteiger partial charge is 0.311 e. The van der Waals surface area contributed by atoms with Crippen LogP contribution >= 0.6 is 0 Å². The van der Waals surface area contributed by atoms with Crippen molar-refractivity contribution in [3.63, 3.8) is 0 Å².